The maximum absolute atomic E-state index is 8.44. The van der Waals surface area contributed by atoms with Crippen molar-refractivity contribution in [3.8, 4) is 11.3 Å². The number of benzene rings is 1. The van der Waals surface area contributed by atoms with E-state index < -0.39 is 25.0 Å². The van der Waals surface area contributed by atoms with Crippen LogP contribution in [0.3, 0.4) is 0 Å². The van der Waals surface area contributed by atoms with E-state index in [0.29, 0.717) is 18.4 Å². The second-order valence-electron chi connectivity index (χ2n) is 9.34. The molecule has 1 aliphatic carbocycles. The SMILES string of the molecule is [2H]C([2H])([2H])C(c1ccc(-c2ccc(C(C)(C)C)c[n+]2C)c(C)c1)(C1CCCCC1)C([2H])([2H])[2H]. The first kappa shape index (κ1) is 13.5. The molecule has 27 heavy (non-hydrogen) atoms. The predicted molar refractivity (Wildman–Crippen MR) is 116 cm³/mol. The zero-order valence-electron chi connectivity index (χ0n) is 23.5. The predicted octanol–water partition coefficient (Wildman–Crippen LogP) is 6.64. The Hall–Kier alpha value is -1.63. The molecule has 0 radical (unpaired) electrons. The summed E-state index contributed by atoms with van der Waals surface area (Å²) in [6.45, 7) is 3.21. The second-order valence-corrected chi connectivity index (χ2v) is 9.34. The van der Waals surface area contributed by atoms with Crippen molar-refractivity contribution in [2.24, 2.45) is 13.0 Å². The molecule has 3 rings (SSSR count). The van der Waals surface area contributed by atoms with Gasteiger partial charge in [0.25, 0.3) is 0 Å². The summed E-state index contributed by atoms with van der Waals surface area (Å²) in [7, 11) is 2.01. The van der Waals surface area contributed by atoms with Gasteiger partial charge in [-0.05, 0) is 59.8 Å². The Morgan fingerprint density at radius 1 is 0.963 bits per heavy atom. The van der Waals surface area contributed by atoms with Crippen LogP contribution in [0.4, 0.5) is 0 Å². The van der Waals surface area contributed by atoms with E-state index in [1.54, 1.807) is 6.07 Å². The van der Waals surface area contributed by atoms with Gasteiger partial charge >= 0.3 is 0 Å². The van der Waals surface area contributed by atoms with E-state index in [-0.39, 0.29) is 5.41 Å². The van der Waals surface area contributed by atoms with Gasteiger partial charge in [-0.3, -0.25) is 0 Å². The number of nitrogens with zero attached hydrogens (tertiary/aromatic N) is 1. The number of rotatable bonds is 3. The average Bonchev–Trinajstić information content (AvgIpc) is 2.67. The molecule has 0 amide bonds. The minimum absolute atomic E-state index is 0.0359. The molecule has 146 valence electrons. The van der Waals surface area contributed by atoms with Gasteiger partial charge in [0.2, 0.25) is 5.69 Å². The van der Waals surface area contributed by atoms with Crippen molar-refractivity contribution in [2.45, 2.75) is 84.3 Å². The van der Waals surface area contributed by atoms with E-state index in [9.17, 15) is 0 Å². The summed E-state index contributed by atoms with van der Waals surface area (Å²) >= 11 is 0. The van der Waals surface area contributed by atoms with E-state index in [1.165, 1.54) is 5.56 Å². The molecular formula is C26H38N+. The highest BCUT2D eigenvalue weighted by Gasteiger charge is 2.32. The fraction of sp³-hybridized carbons (Fsp3) is 0.577. The summed E-state index contributed by atoms with van der Waals surface area (Å²) in [5, 5.41) is 0. The summed E-state index contributed by atoms with van der Waals surface area (Å²) < 4.78 is 52.7. The van der Waals surface area contributed by atoms with Crippen LogP contribution in [-0.4, -0.2) is 0 Å². The number of hydrogen-bond donors (Lipinski definition) is 0. The molecule has 0 aliphatic heterocycles. The van der Waals surface area contributed by atoms with Gasteiger partial charge in [0, 0.05) is 25.4 Å². The Kier molecular flexibility index (Phi) is 3.72. The van der Waals surface area contributed by atoms with Crippen molar-refractivity contribution in [3.05, 3.63) is 53.2 Å². The first-order valence-electron chi connectivity index (χ1n) is 13.2. The lowest BCUT2D eigenvalue weighted by Gasteiger charge is -2.38. The zero-order chi connectivity index (χ0) is 24.8. The Morgan fingerprint density at radius 3 is 2.19 bits per heavy atom. The lowest BCUT2D eigenvalue weighted by atomic mass is 9.67. The molecule has 1 saturated carbocycles. The van der Waals surface area contributed by atoms with E-state index in [0.717, 1.165) is 36.1 Å². The Bertz CT molecular complexity index is 977. The molecule has 1 aromatic heterocycles. The Labute approximate surface area is 175 Å². The molecule has 1 fully saturated rings. The van der Waals surface area contributed by atoms with Crippen LogP contribution in [0.5, 0.6) is 0 Å². The molecule has 0 saturated heterocycles. The van der Waals surface area contributed by atoms with Gasteiger partial charge in [-0.25, -0.2) is 4.57 Å². The van der Waals surface area contributed by atoms with Crippen LogP contribution >= 0.6 is 0 Å². The third kappa shape index (κ3) is 4.13. The normalized spacial score (nSPS) is 20.8. The highest BCUT2D eigenvalue weighted by atomic mass is 14.9. The van der Waals surface area contributed by atoms with Gasteiger partial charge in [0.05, 0.1) is 0 Å². The average molecular weight is 371 g/mol. The second kappa shape index (κ2) is 7.41. The summed E-state index contributed by atoms with van der Waals surface area (Å²) in [5.74, 6) is -0.390. The molecule has 0 N–H and O–H groups in total. The summed E-state index contributed by atoms with van der Waals surface area (Å²) in [6.07, 6.45) is 6.20. The van der Waals surface area contributed by atoms with Gasteiger partial charge < -0.3 is 0 Å². The monoisotopic (exact) mass is 370 g/mol. The first-order chi connectivity index (χ1) is 15.1. The molecule has 1 aliphatic rings. The van der Waals surface area contributed by atoms with Crippen molar-refractivity contribution in [3.63, 3.8) is 0 Å². The highest BCUT2D eigenvalue weighted by Crippen LogP contribution is 2.41. The van der Waals surface area contributed by atoms with Crippen LogP contribution in [0.15, 0.2) is 36.5 Å². The number of pyridine rings is 1. The third-order valence-electron chi connectivity index (χ3n) is 6.17. The largest absolute Gasteiger partial charge is 0.212 e. The van der Waals surface area contributed by atoms with E-state index >= 15 is 0 Å². The van der Waals surface area contributed by atoms with Gasteiger partial charge in [-0.2, -0.15) is 0 Å². The quantitative estimate of drug-likeness (QED) is 0.533. The standard InChI is InChI=1S/C26H38N/c1-19-17-21(26(5,6)20-11-9-8-10-12-20)13-15-23(19)24-16-14-22(18-27(24)7)25(2,3)4/h13-18,20H,8-12H2,1-7H3/q+1/i5D3,6D3. The summed E-state index contributed by atoms with van der Waals surface area (Å²) in [4.78, 5) is 0. The summed E-state index contributed by atoms with van der Waals surface area (Å²) in [5.41, 5.74) is 2.71. The van der Waals surface area contributed by atoms with Crippen molar-refractivity contribution in [1.29, 1.82) is 0 Å². The fourth-order valence-electron chi connectivity index (χ4n) is 4.30. The van der Waals surface area contributed by atoms with Gasteiger partial charge in [0.1, 0.15) is 7.05 Å². The number of aromatic nitrogens is 1. The molecular weight excluding hydrogens is 326 g/mol. The van der Waals surface area contributed by atoms with Crippen molar-refractivity contribution in [1.82, 2.24) is 0 Å². The van der Waals surface area contributed by atoms with Crippen molar-refractivity contribution < 1.29 is 12.8 Å². The molecule has 1 heteroatoms. The lowest BCUT2D eigenvalue weighted by molar-refractivity contribution is -0.661. The fourth-order valence-corrected chi connectivity index (χ4v) is 4.30. The molecule has 1 heterocycles. The van der Waals surface area contributed by atoms with Crippen LogP contribution in [0.1, 0.15) is 91.5 Å². The van der Waals surface area contributed by atoms with Gasteiger partial charge in [-0.15, -0.1) is 0 Å². The molecule has 0 atom stereocenters. The lowest BCUT2D eigenvalue weighted by Crippen LogP contribution is -2.33. The maximum atomic E-state index is 8.44. The first-order valence-corrected chi connectivity index (χ1v) is 10.2. The van der Waals surface area contributed by atoms with E-state index in [4.69, 9.17) is 8.22 Å². The smallest absolute Gasteiger partial charge is 0.201 e. The Balaban J connectivity index is 2.17. The topological polar surface area (TPSA) is 3.88 Å². The Morgan fingerprint density at radius 2 is 1.63 bits per heavy atom. The molecule has 1 nitrogen and oxygen atoms in total. The van der Waals surface area contributed by atoms with Crippen molar-refractivity contribution >= 4 is 0 Å². The van der Waals surface area contributed by atoms with Crippen LogP contribution < -0.4 is 4.57 Å². The van der Waals surface area contributed by atoms with Crippen LogP contribution in [-0.2, 0) is 17.9 Å². The van der Waals surface area contributed by atoms with Crippen LogP contribution in [0.25, 0.3) is 11.3 Å². The molecule has 2 aromatic rings. The molecule has 0 bridgehead atoms. The third-order valence-corrected chi connectivity index (χ3v) is 6.17. The molecule has 1 aromatic carbocycles. The zero-order valence-corrected chi connectivity index (χ0v) is 17.5. The number of hydrogen-bond acceptors (Lipinski definition) is 0. The minimum Gasteiger partial charge on any atom is -0.201 e. The van der Waals surface area contributed by atoms with Gasteiger partial charge in [0.15, 0.2) is 6.20 Å². The minimum atomic E-state index is -2.63. The highest BCUT2D eigenvalue weighted by molar-refractivity contribution is 5.62. The van der Waals surface area contributed by atoms with Crippen molar-refractivity contribution in [2.75, 3.05) is 0 Å². The van der Waals surface area contributed by atoms with Crippen LogP contribution in [0.2, 0.25) is 0 Å². The van der Waals surface area contributed by atoms with Crippen LogP contribution in [0, 0.1) is 12.8 Å². The van der Waals surface area contributed by atoms with E-state index in [2.05, 4.69) is 43.7 Å². The van der Waals surface area contributed by atoms with E-state index in [1.807, 2.05) is 26.1 Å². The summed E-state index contributed by atoms with van der Waals surface area (Å²) in [6, 6.07) is 9.70. The van der Waals surface area contributed by atoms with Gasteiger partial charge in [-0.1, -0.05) is 65.9 Å². The maximum Gasteiger partial charge on any atom is 0.212 e. The molecule has 0 unspecified atom stereocenters. The number of aryl methyl sites for hydroxylation is 2. The molecule has 0 spiro atoms.